The third kappa shape index (κ3) is 3.03. The number of likely N-dealkylation sites (tertiary alicyclic amines) is 1. The fourth-order valence-corrected chi connectivity index (χ4v) is 4.41. The lowest BCUT2D eigenvalue weighted by atomic mass is 9.83. The van der Waals surface area contributed by atoms with Crippen LogP contribution >= 0.6 is 11.3 Å². The van der Waals surface area contributed by atoms with E-state index in [2.05, 4.69) is 28.1 Å². The van der Waals surface area contributed by atoms with E-state index in [4.69, 9.17) is 9.84 Å². The summed E-state index contributed by atoms with van der Waals surface area (Å²) in [6.07, 6.45) is 4.19. The number of carboxylic acid groups (broad SMARTS) is 1. The standard InChI is InChI=1S/C18H20N2O3S/c21-17(22)14-12-24-16(19-14)11-20-9-7-18(8-10-20)6-5-13-3-1-2-4-15(13)23-18/h1-4,12H,5-11H2,(H,21,22). The maximum atomic E-state index is 10.9. The van der Waals surface area contributed by atoms with E-state index in [1.54, 1.807) is 5.38 Å². The highest BCUT2D eigenvalue weighted by Crippen LogP contribution is 2.39. The highest BCUT2D eigenvalue weighted by Gasteiger charge is 2.39. The van der Waals surface area contributed by atoms with Crippen molar-refractivity contribution in [3.05, 3.63) is 45.9 Å². The van der Waals surface area contributed by atoms with Gasteiger partial charge in [-0.1, -0.05) is 18.2 Å². The van der Waals surface area contributed by atoms with Gasteiger partial charge in [0.1, 0.15) is 16.4 Å². The first-order chi connectivity index (χ1) is 11.6. The van der Waals surface area contributed by atoms with Crippen molar-refractivity contribution in [2.75, 3.05) is 13.1 Å². The summed E-state index contributed by atoms with van der Waals surface area (Å²) in [5, 5.41) is 11.5. The lowest BCUT2D eigenvalue weighted by molar-refractivity contribution is -0.0163. The SMILES string of the molecule is O=C(O)c1csc(CN2CCC3(CCc4ccccc4O3)CC2)n1. The van der Waals surface area contributed by atoms with E-state index in [-0.39, 0.29) is 11.3 Å². The number of benzene rings is 1. The molecule has 4 rings (SSSR count). The Kier molecular flexibility index (Phi) is 4.02. The van der Waals surface area contributed by atoms with E-state index in [1.165, 1.54) is 16.9 Å². The Morgan fingerprint density at radius 2 is 2.08 bits per heavy atom. The molecule has 0 amide bonds. The molecule has 1 aromatic heterocycles. The molecule has 0 aliphatic carbocycles. The van der Waals surface area contributed by atoms with Crippen molar-refractivity contribution in [2.24, 2.45) is 0 Å². The molecular weight excluding hydrogens is 324 g/mol. The second-order valence-corrected chi connectivity index (χ2v) is 7.54. The molecule has 1 spiro atoms. The zero-order valence-electron chi connectivity index (χ0n) is 13.4. The summed E-state index contributed by atoms with van der Waals surface area (Å²) in [6.45, 7) is 2.65. The molecule has 0 radical (unpaired) electrons. The molecule has 1 aromatic carbocycles. The normalized spacial score (nSPS) is 19.7. The number of carboxylic acids is 1. The Morgan fingerprint density at radius 1 is 1.29 bits per heavy atom. The summed E-state index contributed by atoms with van der Waals surface area (Å²) in [6, 6.07) is 8.34. The van der Waals surface area contributed by atoms with E-state index < -0.39 is 5.97 Å². The molecule has 5 nitrogen and oxygen atoms in total. The average molecular weight is 344 g/mol. The molecule has 3 heterocycles. The molecule has 0 saturated carbocycles. The van der Waals surface area contributed by atoms with Crippen LogP contribution in [0.25, 0.3) is 0 Å². The van der Waals surface area contributed by atoms with Gasteiger partial charge in [0.2, 0.25) is 0 Å². The first kappa shape index (κ1) is 15.6. The van der Waals surface area contributed by atoms with E-state index >= 15 is 0 Å². The van der Waals surface area contributed by atoms with Gasteiger partial charge in [0, 0.05) is 18.5 Å². The zero-order chi connectivity index (χ0) is 16.6. The average Bonchev–Trinajstić information content (AvgIpc) is 3.06. The number of aryl methyl sites for hydroxylation is 1. The van der Waals surface area contributed by atoms with Crippen LogP contribution in [0.1, 0.15) is 40.3 Å². The van der Waals surface area contributed by atoms with E-state index in [0.29, 0.717) is 0 Å². The van der Waals surface area contributed by atoms with Crippen LogP contribution in [-0.2, 0) is 13.0 Å². The smallest absolute Gasteiger partial charge is 0.355 e. The largest absolute Gasteiger partial charge is 0.487 e. The molecule has 0 unspecified atom stereocenters. The number of hydrogen-bond acceptors (Lipinski definition) is 5. The molecule has 6 heteroatoms. The van der Waals surface area contributed by atoms with E-state index in [0.717, 1.165) is 56.1 Å². The van der Waals surface area contributed by atoms with Crippen molar-refractivity contribution in [3.8, 4) is 5.75 Å². The second-order valence-electron chi connectivity index (χ2n) is 6.60. The van der Waals surface area contributed by atoms with Crippen LogP contribution in [-0.4, -0.2) is 39.7 Å². The Hall–Kier alpha value is -1.92. The molecular formula is C18H20N2O3S. The van der Waals surface area contributed by atoms with Crippen molar-refractivity contribution >= 4 is 17.3 Å². The Balaban J connectivity index is 1.37. The topological polar surface area (TPSA) is 62.7 Å². The van der Waals surface area contributed by atoms with Crippen molar-refractivity contribution < 1.29 is 14.6 Å². The highest BCUT2D eigenvalue weighted by molar-refractivity contribution is 7.09. The summed E-state index contributed by atoms with van der Waals surface area (Å²) < 4.78 is 6.38. The first-order valence-corrected chi connectivity index (χ1v) is 9.19. The maximum Gasteiger partial charge on any atom is 0.355 e. The van der Waals surface area contributed by atoms with Crippen LogP contribution in [0.2, 0.25) is 0 Å². The van der Waals surface area contributed by atoms with Crippen LogP contribution < -0.4 is 4.74 Å². The van der Waals surface area contributed by atoms with Gasteiger partial charge in [0.25, 0.3) is 0 Å². The number of thiazole rings is 1. The van der Waals surface area contributed by atoms with Crippen molar-refractivity contribution in [3.63, 3.8) is 0 Å². The number of fused-ring (bicyclic) bond motifs is 1. The maximum absolute atomic E-state index is 10.9. The number of para-hydroxylation sites is 1. The minimum Gasteiger partial charge on any atom is -0.487 e. The fraction of sp³-hybridized carbons (Fsp3) is 0.444. The van der Waals surface area contributed by atoms with Gasteiger partial charge in [-0.2, -0.15) is 0 Å². The van der Waals surface area contributed by atoms with Crippen LogP contribution in [0.5, 0.6) is 5.75 Å². The molecule has 1 saturated heterocycles. The van der Waals surface area contributed by atoms with Gasteiger partial charge in [-0.25, -0.2) is 9.78 Å². The van der Waals surface area contributed by atoms with Crippen LogP contribution in [0.4, 0.5) is 0 Å². The van der Waals surface area contributed by atoms with Gasteiger partial charge in [-0.15, -0.1) is 11.3 Å². The lowest BCUT2D eigenvalue weighted by Gasteiger charge is -2.44. The number of ether oxygens (including phenoxy) is 1. The van der Waals surface area contributed by atoms with Crippen molar-refractivity contribution in [1.82, 2.24) is 9.88 Å². The predicted octanol–water partition coefficient (Wildman–Crippen LogP) is 3.20. The predicted molar refractivity (Wildman–Crippen MR) is 91.7 cm³/mol. The Morgan fingerprint density at radius 3 is 2.83 bits per heavy atom. The fourth-order valence-electron chi connectivity index (χ4n) is 3.60. The van der Waals surface area contributed by atoms with Gasteiger partial charge in [-0.3, -0.25) is 4.90 Å². The number of piperidine rings is 1. The van der Waals surface area contributed by atoms with Crippen LogP contribution in [0.15, 0.2) is 29.6 Å². The number of aromatic nitrogens is 1. The Bertz CT molecular complexity index is 750. The number of hydrogen-bond donors (Lipinski definition) is 1. The number of rotatable bonds is 3. The highest BCUT2D eigenvalue weighted by atomic mass is 32.1. The quantitative estimate of drug-likeness (QED) is 0.926. The molecule has 1 N–H and O–H groups in total. The summed E-state index contributed by atoms with van der Waals surface area (Å²) in [5.74, 6) is 0.0904. The molecule has 2 aliphatic rings. The minimum atomic E-state index is -0.954. The van der Waals surface area contributed by atoms with Gasteiger partial charge >= 0.3 is 5.97 Å². The van der Waals surface area contributed by atoms with Crippen LogP contribution in [0, 0.1) is 0 Å². The Labute approximate surface area is 144 Å². The lowest BCUT2D eigenvalue weighted by Crippen LogP contribution is -2.49. The third-order valence-corrected chi connectivity index (χ3v) is 5.88. The molecule has 2 aromatic rings. The van der Waals surface area contributed by atoms with Gasteiger partial charge in [-0.05, 0) is 37.3 Å². The summed E-state index contributed by atoms with van der Waals surface area (Å²) in [7, 11) is 0. The molecule has 0 atom stereocenters. The molecule has 2 aliphatic heterocycles. The van der Waals surface area contributed by atoms with Crippen molar-refractivity contribution in [1.29, 1.82) is 0 Å². The van der Waals surface area contributed by atoms with Gasteiger partial charge in [0.15, 0.2) is 5.69 Å². The monoisotopic (exact) mass is 344 g/mol. The van der Waals surface area contributed by atoms with Gasteiger partial charge < -0.3 is 9.84 Å². The minimum absolute atomic E-state index is 0.0278. The number of nitrogens with zero attached hydrogens (tertiary/aromatic N) is 2. The first-order valence-electron chi connectivity index (χ1n) is 8.31. The molecule has 126 valence electrons. The number of aromatic carboxylic acids is 1. The molecule has 1 fully saturated rings. The zero-order valence-corrected chi connectivity index (χ0v) is 14.2. The third-order valence-electron chi connectivity index (χ3n) is 5.05. The van der Waals surface area contributed by atoms with E-state index in [1.807, 2.05) is 6.07 Å². The van der Waals surface area contributed by atoms with E-state index in [9.17, 15) is 4.79 Å². The summed E-state index contributed by atoms with van der Waals surface area (Å²) >= 11 is 1.42. The summed E-state index contributed by atoms with van der Waals surface area (Å²) in [5.41, 5.74) is 1.44. The van der Waals surface area contributed by atoms with Gasteiger partial charge in [0.05, 0.1) is 6.54 Å². The second kappa shape index (κ2) is 6.18. The van der Waals surface area contributed by atoms with Crippen LogP contribution in [0.3, 0.4) is 0 Å². The number of carbonyl (C=O) groups is 1. The molecule has 0 bridgehead atoms. The summed E-state index contributed by atoms with van der Waals surface area (Å²) in [4.78, 5) is 17.5. The van der Waals surface area contributed by atoms with Crippen molar-refractivity contribution in [2.45, 2.75) is 37.8 Å². The molecule has 24 heavy (non-hydrogen) atoms.